The van der Waals surface area contributed by atoms with Crippen LogP contribution < -0.4 is 5.32 Å². The Morgan fingerprint density at radius 1 is 1.16 bits per heavy atom. The highest BCUT2D eigenvalue weighted by Crippen LogP contribution is 2.31. The van der Waals surface area contributed by atoms with Crippen LogP contribution in [0.2, 0.25) is 0 Å². The van der Waals surface area contributed by atoms with Crippen molar-refractivity contribution in [1.82, 2.24) is 15.1 Å². The third kappa shape index (κ3) is 4.02. The summed E-state index contributed by atoms with van der Waals surface area (Å²) in [5, 5.41) is 4.07. The van der Waals surface area contributed by atoms with Crippen LogP contribution in [-0.2, 0) is 4.79 Å². The lowest BCUT2D eigenvalue weighted by Gasteiger charge is -2.34. The van der Waals surface area contributed by atoms with Crippen molar-refractivity contribution >= 4 is 33.2 Å². The zero-order valence-corrected chi connectivity index (χ0v) is 15.7. The molecule has 134 valence electrons. The minimum Gasteiger partial charge on any atom is -0.355 e. The van der Waals surface area contributed by atoms with E-state index in [1.54, 1.807) is 11.3 Å². The number of rotatable bonds is 5. The molecule has 0 spiro atoms. The molecule has 1 fully saturated rings. The summed E-state index contributed by atoms with van der Waals surface area (Å²) in [6.07, 6.45) is 0.947. The van der Waals surface area contributed by atoms with E-state index in [4.69, 9.17) is 0 Å². The summed E-state index contributed by atoms with van der Waals surface area (Å²) in [5.41, 5.74) is 1.08. The van der Waals surface area contributed by atoms with Gasteiger partial charge in [0, 0.05) is 37.4 Å². The van der Waals surface area contributed by atoms with Gasteiger partial charge in [0.1, 0.15) is 0 Å². The average molecular weight is 359 g/mol. The maximum atomic E-state index is 12.9. The lowest BCUT2D eigenvalue weighted by molar-refractivity contribution is -0.122. The number of aryl methyl sites for hydroxylation is 1. The van der Waals surface area contributed by atoms with Crippen LogP contribution in [0.5, 0.6) is 0 Å². The normalized spacial score (nSPS) is 15.5. The molecule has 0 unspecified atom stereocenters. The van der Waals surface area contributed by atoms with Crippen molar-refractivity contribution in [3.63, 3.8) is 0 Å². The van der Waals surface area contributed by atoms with Crippen molar-refractivity contribution in [3.05, 3.63) is 34.7 Å². The second-order valence-electron chi connectivity index (χ2n) is 6.47. The first-order valence-electron chi connectivity index (χ1n) is 8.86. The van der Waals surface area contributed by atoms with E-state index >= 15 is 0 Å². The van der Waals surface area contributed by atoms with Gasteiger partial charge in [0.05, 0.1) is 11.4 Å². The van der Waals surface area contributed by atoms with Crippen LogP contribution in [0.15, 0.2) is 24.3 Å². The zero-order valence-electron chi connectivity index (χ0n) is 14.9. The molecule has 0 saturated carbocycles. The molecule has 1 aromatic carbocycles. The molecule has 0 aliphatic carbocycles. The molecule has 2 heterocycles. The average Bonchev–Trinajstić information content (AvgIpc) is 2.97. The van der Waals surface area contributed by atoms with Gasteiger partial charge in [-0.3, -0.25) is 14.5 Å². The maximum Gasteiger partial charge on any atom is 0.264 e. The summed E-state index contributed by atoms with van der Waals surface area (Å²) in [7, 11) is 0. The molecule has 3 rings (SSSR count). The number of benzene rings is 1. The largest absolute Gasteiger partial charge is 0.355 e. The van der Waals surface area contributed by atoms with E-state index < -0.39 is 0 Å². The molecule has 0 radical (unpaired) electrons. The summed E-state index contributed by atoms with van der Waals surface area (Å²) >= 11 is 1.58. The van der Waals surface area contributed by atoms with Crippen molar-refractivity contribution in [3.8, 4) is 0 Å². The van der Waals surface area contributed by atoms with Crippen molar-refractivity contribution in [2.45, 2.75) is 20.3 Å². The van der Waals surface area contributed by atoms with Crippen molar-refractivity contribution < 1.29 is 9.59 Å². The molecule has 1 aliphatic rings. The van der Waals surface area contributed by atoms with Crippen LogP contribution >= 0.6 is 11.3 Å². The predicted octanol–water partition coefficient (Wildman–Crippen LogP) is 2.49. The lowest BCUT2D eigenvalue weighted by atomic mass is 10.1. The van der Waals surface area contributed by atoms with Gasteiger partial charge in [-0.1, -0.05) is 25.1 Å². The van der Waals surface area contributed by atoms with Gasteiger partial charge in [-0.25, -0.2) is 0 Å². The van der Waals surface area contributed by atoms with Gasteiger partial charge in [-0.2, -0.15) is 0 Å². The van der Waals surface area contributed by atoms with Crippen LogP contribution in [0, 0.1) is 6.92 Å². The van der Waals surface area contributed by atoms with E-state index in [1.807, 2.05) is 30.9 Å². The number of carbonyl (C=O) groups is 2. The molecule has 1 aromatic heterocycles. The topological polar surface area (TPSA) is 52.7 Å². The number of nitrogens with one attached hydrogen (secondary N) is 1. The maximum absolute atomic E-state index is 12.9. The molecular formula is C19H25N3O2S. The number of nitrogens with zero attached hydrogens (tertiary/aromatic N) is 2. The minimum absolute atomic E-state index is 0.0713. The van der Waals surface area contributed by atoms with Crippen molar-refractivity contribution in [2.24, 2.45) is 0 Å². The Balaban J connectivity index is 1.59. The van der Waals surface area contributed by atoms with Gasteiger partial charge in [0.2, 0.25) is 5.91 Å². The van der Waals surface area contributed by atoms with E-state index in [0.29, 0.717) is 19.6 Å². The van der Waals surface area contributed by atoms with Crippen LogP contribution in [0.4, 0.5) is 0 Å². The number of hydrogen-bond donors (Lipinski definition) is 1. The quantitative estimate of drug-likeness (QED) is 0.892. The highest BCUT2D eigenvalue weighted by atomic mass is 32.1. The molecule has 2 amide bonds. The van der Waals surface area contributed by atoms with Gasteiger partial charge in [0.15, 0.2) is 0 Å². The molecule has 1 N–H and O–H groups in total. The van der Waals surface area contributed by atoms with Gasteiger partial charge in [-0.15, -0.1) is 11.3 Å². The van der Waals surface area contributed by atoms with Gasteiger partial charge in [0.25, 0.3) is 5.91 Å². The molecule has 1 saturated heterocycles. The number of hydrogen-bond acceptors (Lipinski definition) is 4. The smallest absolute Gasteiger partial charge is 0.264 e. The van der Waals surface area contributed by atoms with Crippen LogP contribution in [0.3, 0.4) is 0 Å². The molecule has 5 nitrogen and oxygen atoms in total. The lowest BCUT2D eigenvalue weighted by Crippen LogP contribution is -2.51. The number of thiophene rings is 1. The van der Waals surface area contributed by atoms with E-state index in [2.05, 4.69) is 22.3 Å². The Bertz CT molecular complexity index is 763. The van der Waals surface area contributed by atoms with Crippen LogP contribution in [0.1, 0.15) is 28.6 Å². The fraction of sp³-hybridized carbons (Fsp3) is 0.474. The standard InChI is InChI=1S/C19H25N3O2S/c1-3-8-20-17(23)13-21-9-11-22(12-10-21)19(24)18-14(2)15-6-4-5-7-16(15)25-18/h4-7H,3,8-13H2,1-2H3,(H,20,23). The summed E-state index contributed by atoms with van der Waals surface area (Å²) in [5.74, 6) is 0.191. The predicted molar refractivity (Wildman–Crippen MR) is 102 cm³/mol. The Hall–Kier alpha value is -1.92. The summed E-state index contributed by atoms with van der Waals surface area (Å²) in [6.45, 7) is 8.05. The van der Waals surface area contributed by atoms with Crippen LogP contribution in [-0.4, -0.2) is 60.9 Å². The molecule has 0 bridgehead atoms. The first kappa shape index (κ1) is 17.9. The zero-order chi connectivity index (χ0) is 17.8. The Labute approximate surface area is 152 Å². The van der Waals surface area contributed by atoms with E-state index in [1.165, 1.54) is 5.39 Å². The first-order valence-corrected chi connectivity index (χ1v) is 9.68. The number of carbonyl (C=O) groups excluding carboxylic acids is 2. The summed E-state index contributed by atoms with van der Waals surface area (Å²) in [6, 6.07) is 8.16. The van der Waals surface area contributed by atoms with Crippen molar-refractivity contribution in [2.75, 3.05) is 39.3 Å². The molecule has 1 aliphatic heterocycles. The fourth-order valence-corrected chi connectivity index (χ4v) is 4.33. The molecule has 2 aromatic rings. The van der Waals surface area contributed by atoms with Crippen LogP contribution in [0.25, 0.3) is 10.1 Å². The molecule has 0 atom stereocenters. The highest BCUT2D eigenvalue weighted by molar-refractivity contribution is 7.21. The second-order valence-corrected chi connectivity index (χ2v) is 7.52. The molecule has 6 heteroatoms. The summed E-state index contributed by atoms with van der Waals surface area (Å²) in [4.78, 5) is 29.6. The Morgan fingerprint density at radius 3 is 2.56 bits per heavy atom. The van der Waals surface area contributed by atoms with E-state index in [0.717, 1.165) is 41.2 Å². The third-order valence-electron chi connectivity index (χ3n) is 4.64. The molecule has 25 heavy (non-hydrogen) atoms. The van der Waals surface area contributed by atoms with Gasteiger partial charge >= 0.3 is 0 Å². The Kier molecular flexibility index (Phi) is 5.71. The Morgan fingerprint density at radius 2 is 1.88 bits per heavy atom. The highest BCUT2D eigenvalue weighted by Gasteiger charge is 2.25. The second kappa shape index (κ2) is 7.97. The minimum atomic E-state index is 0.0713. The number of piperazine rings is 1. The number of fused-ring (bicyclic) bond motifs is 1. The number of amides is 2. The summed E-state index contributed by atoms with van der Waals surface area (Å²) < 4.78 is 1.16. The van der Waals surface area contributed by atoms with Crippen molar-refractivity contribution in [1.29, 1.82) is 0 Å². The monoisotopic (exact) mass is 359 g/mol. The fourth-order valence-electron chi connectivity index (χ4n) is 3.15. The molecular weight excluding hydrogens is 334 g/mol. The third-order valence-corrected chi connectivity index (χ3v) is 5.90. The first-order chi connectivity index (χ1) is 12.1. The van der Waals surface area contributed by atoms with E-state index in [9.17, 15) is 9.59 Å². The van der Waals surface area contributed by atoms with Gasteiger partial charge in [-0.05, 0) is 30.4 Å². The SMILES string of the molecule is CCCNC(=O)CN1CCN(C(=O)c2sc3ccccc3c2C)CC1. The van der Waals surface area contributed by atoms with E-state index in [-0.39, 0.29) is 11.8 Å². The van der Waals surface area contributed by atoms with Gasteiger partial charge < -0.3 is 10.2 Å².